The highest BCUT2D eigenvalue weighted by molar-refractivity contribution is 5.76. The third kappa shape index (κ3) is 4.18. The molecule has 1 saturated heterocycles. The Hall–Kier alpha value is -0.610. The van der Waals surface area contributed by atoms with Gasteiger partial charge in [0.2, 0.25) is 5.91 Å². The normalized spacial score (nSPS) is 26.7. The summed E-state index contributed by atoms with van der Waals surface area (Å²) in [6.45, 7) is 6.04. The molecule has 1 amide bonds. The summed E-state index contributed by atoms with van der Waals surface area (Å²) < 4.78 is 5.14. The van der Waals surface area contributed by atoms with Crippen LogP contribution in [0.5, 0.6) is 0 Å². The van der Waals surface area contributed by atoms with Crippen LogP contribution >= 0.6 is 0 Å². The highest BCUT2D eigenvalue weighted by Crippen LogP contribution is 2.20. The largest absolute Gasteiger partial charge is 0.388 e. The van der Waals surface area contributed by atoms with Gasteiger partial charge in [-0.2, -0.15) is 0 Å². The van der Waals surface area contributed by atoms with Crippen molar-refractivity contribution in [2.24, 2.45) is 0 Å². The van der Waals surface area contributed by atoms with Gasteiger partial charge in [0.05, 0.1) is 18.6 Å². The van der Waals surface area contributed by atoms with Gasteiger partial charge in [-0.1, -0.05) is 0 Å². The molecule has 0 spiro atoms. The Morgan fingerprint density at radius 2 is 2.33 bits per heavy atom. The summed E-state index contributed by atoms with van der Waals surface area (Å²) in [5.74, 6) is 0.0865. The molecular formula is C11H21NO3. The standard InChI is InChI=1S/C11H21NO3/c1-3-15-8-5-10(13)12-7-4-6-11(2,14)9-12/h14H,3-9H2,1-2H3. The third-order valence-corrected chi connectivity index (χ3v) is 2.69. The number of amides is 1. The number of carbonyl (C=O) groups excluding carboxylic acids is 1. The highest BCUT2D eigenvalue weighted by Gasteiger charge is 2.30. The highest BCUT2D eigenvalue weighted by atomic mass is 16.5. The SMILES string of the molecule is CCOCCC(=O)N1CCCC(C)(O)C1. The summed E-state index contributed by atoms with van der Waals surface area (Å²) in [5.41, 5.74) is -0.709. The van der Waals surface area contributed by atoms with E-state index in [0.717, 1.165) is 19.4 Å². The van der Waals surface area contributed by atoms with E-state index in [1.54, 1.807) is 11.8 Å². The topological polar surface area (TPSA) is 49.8 Å². The van der Waals surface area contributed by atoms with Crippen LogP contribution in [0.3, 0.4) is 0 Å². The lowest BCUT2D eigenvalue weighted by molar-refractivity contribution is -0.138. The van der Waals surface area contributed by atoms with Gasteiger partial charge in [0, 0.05) is 19.7 Å². The zero-order valence-electron chi connectivity index (χ0n) is 9.66. The fourth-order valence-corrected chi connectivity index (χ4v) is 1.89. The maximum Gasteiger partial charge on any atom is 0.224 e. The Balaban J connectivity index is 2.32. The second kappa shape index (κ2) is 5.47. The van der Waals surface area contributed by atoms with Crippen molar-refractivity contribution in [3.05, 3.63) is 0 Å². The van der Waals surface area contributed by atoms with Gasteiger partial charge in [-0.3, -0.25) is 4.79 Å². The Morgan fingerprint density at radius 3 is 2.93 bits per heavy atom. The lowest BCUT2D eigenvalue weighted by atomic mass is 9.95. The number of piperidine rings is 1. The Labute approximate surface area is 91.2 Å². The quantitative estimate of drug-likeness (QED) is 0.705. The second-order valence-corrected chi connectivity index (χ2v) is 4.36. The smallest absolute Gasteiger partial charge is 0.224 e. The van der Waals surface area contributed by atoms with Gasteiger partial charge in [0.1, 0.15) is 0 Å². The molecule has 0 radical (unpaired) electrons. The lowest BCUT2D eigenvalue weighted by Crippen LogP contribution is -2.48. The number of ether oxygens (including phenoxy) is 1. The fraction of sp³-hybridized carbons (Fsp3) is 0.909. The zero-order chi connectivity index (χ0) is 11.3. The first kappa shape index (κ1) is 12.5. The van der Waals surface area contributed by atoms with Crippen LogP contribution in [-0.4, -0.2) is 47.8 Å². The molecule has 0 saturated carbocycles. The maximum absolute atomic E-state index is 11.7. The van der Waals surface area contributed by atoms with Crippen LogP contribution in [0.15, 0.2) is 0 Å². The van der Waals surface area contributed by atoms with Gasteiger partial charge in [-0.15, -0.1) is 0 Å². The second-order valence-electron chi connectivity index (χ2n) is 4.36. The van der Waals surface area contributed by atoms with E-state index in [4.69, 9.17) is 4.74 Å². The molecule has 0 aromatic rings. The van der Waals surface area contributed by atoms with E-state index in [1.165, 1.54) is 0 Å². The molecule has 1 aliphatic rings. The Kier molecular flexibility index (Phi) is 4.54. The number of β-amino-alcohol motifs (C(OH)–C–C–N with tert-alkyl or cyclic N) is 1. The van der Waals surface area contributed by atoms with Crippen molar-refractivity contribution in [2.75, 3.05) is 26.3 Å². The number of rotatable bonds is 4. The molecule has 88 valence electrons. The number of nitrogens with zero attached hydrogens (tertiary/aromatic N) is 1. The van der Waals surface area contributed by atoms with Crippen molar-refractivity contribution in [3.8, 4) is 0 Å². The number of aliphatic hydroxyl groups is 1. The van der Waals surface area contributed by atoms with Crippen LogP contribution in [0.1, 0.15) is 33.1 Å². The lowest BCUT2D eigenvalue weighted by Gasteiger charge is -2.36. The molecular weight excluding hydrogens is 194 g/mol. The van der Waals surface area contributed by atoms with Crippen molar-refractivity contribution in [1.29, 1.82) is 0 Å². The Bertz CT molecular complexity index is 216. The molecule has 1 rings (SSSR count). The monoisotopic (exact) mass is 215 g/mol. The van der Waals surface area contributed by atoms with Crippen LogP contribution in [-0.2, 0) is 9.53 Å². The van der Waals surface area contributed by atoms with E-state index >= 15 is 0 Å². The molecule has 4 nitrogen and oxygen atoms in total. The summed E-state index contributed by atoms with van der Waals surface area (Å²) >= 11 is 0. The average molecular weight is 215 g/mol. The van der Waals surface area contributed by atoms with Crippen molar-refractivity contribution in [1.82, 2.24) is 4.90 Å². The average Bonchev–Trinajstić information content (AvgIpc) is 2.16. The van der Waals surface area contributed by atoms with Crippen LogP contribution < -0.4 is 0 Å². The molecule has 1 N–H and O–H groups in total. The summed E-state index contributed by atoms with van der Waals surface area (Å²) in [5, 5.41) is 9.84. The summed E-state index contributed by atoms with van der Waals surface area (Å²) in [6.07, 6.45) is 2.08. The Morgan fingerprint density at radius 1 is 1.60 bits per heavy atom. The molecule has 15 heavy (non-hydrogen) atoms. The first-order valence-electron chi connectivity index (χ1n) is 5.63. The minimum Gasteiger partial charge on any atom is -0.388 e. The number of hydrogen-bond acceptors (Lipinski definition) is 3. The van der Waals surface area contributed by atoms with Gasteiger partial charge < -0.3 is 14.7 Å². The number of carbonyl (C=O) groups is 1. The molecule has 0 aromatic carbocycles. The molecule has 1 aliphatic heterocycles. The molecule has 1 unspecified atom stereocenters. The first-order valence-corrected chi connectivity index (χ1v) is 5.63. The fourth-order valence-electron chi connectivity index (χ4n) is 1.89. The molecule has 1 heterocycles. The first-order chi connectivity index (χ1) is 7.05. The van der Waals surface area contributed by atoms with Gasteiger partial charge in [0.15, 0.2) is 0 Å². The van der Waals surface area contributed by atoms with Gasteiger partial charge in [-0.25, -0.2) is 0 Å². The predicted molar refractivity (Wildman–Crippen MR) is 57.5 cm³/mol. The minimum absolute atomic E-state index is 0.0865. The van der Waals surface area contributed by atoms with E-state index in [2.05, 4.69) is 0 Å². The minimum atomic E-state index is -0.709. The summed E-state index contributed by atoms with van der Waals surface area (Å²) in [4.78, 5) is 13.4. The maximum atomic E-state index is 11.7. The van der Waals surface area contributed by atoms with Crippen LogP contribution in [0.2, 0.25) is 0 Å². The van der Waals surface area contributed by atoms with E-state index in [9.17, 15) is 9.90 Å². The zero-order valence-corrected chi connectivity index (χ0v) is 9.66. The third-order valence-electron chi connectivity index (χ3n) is 2.69. The van der Waals surface area contributed by atoms with Crippen LogP contribution in [0, 0.1) is 0 Å². The summed E-state index contributed by atoms with van der Waals surface area (Å²) in [7, 11) is 0. The van der Waals surface area contributed by atoms with E-state index in [1.807, 2.05) is 6.92 Å². The molecule has 0 bridgehead atoms. The van der Waals surface area contributed by atoms with E-state index < -0.39 is 5.60 Å². The predicted octanol–water partition coefficient (Wildman–Crippen LogP) is 0.786. The van der Waals surface area contributed by atoms with Crippen LogP contribution in [0.25, 0.3) is 0 Å². The number of likely N-dealkylation sites (tertiary alicyclic amines) is 1. The molecule has 0 aromatic heterocycles. The molecule has 1 atom stereocenters. The van der Waals surface area contributed by atoms with Crippen molar-refractivity contribution >= 4 is 5.91 Å². The van der Waals surface area contributed by atoms with Gasteiger partial charge in [-0.05, 0) is 26.7 Å². The van der Waals surface area contributed by atoms with E-state index in [0.29, 0.717) is 26.2 Å². The van der Waals surface area contributed by atoms with Crippen molar-refractivity contribution < 1.29 is 14.6 Å². The molecule has 1 fully saturated rings. The number of hydrogen-bond donors (Lipinski definition) is 1. The molecule has 0 aliphatic carbocycles. The molecule has 4 heteroatoms. The van der Waals surface area contributed by atoms with Gasteiger partial charge in [0.25, 0.3) is 0 Å². The van der Waals surface area contributed by atoms with Gasteiger partial charge >= 0.3 is 0 Å². The van der Waals surface area contributed by atoms with E-state index in [-0.39, 0.29) is 5.91 Å². The van der Waals surface area contributed by atoms with Crippen molar-refractivity contribution in [3.63, 3.8) is 0 Å². The van der Waals surface area contributed by atoms with Crippen molar-refractivity contribution in [2.45, 2.75) is 38.7 Å². The van der Waals surface area contributed by atoms with Crippen LogP contribution in [0.4, 0.5) is 0 Å². The summed E-state index contributed by atoms with van der Waals surface area (Å²) in [6, 6.07) is 0.